The molecule has 0 aliphatic rings. The number of ether oxygens (including phenoxy) is 2. The summed E-state index contributed by atoms with van der Waals surface area (Å²) >= 11 is 0. The van der Waals surface area contributed by atoms with Crippen LogP contribution in [0.1, 0.15) is 22.7 Å². The lowest BCUT2D eigenvalue weighted by Gasteiger charge is -2.15. The summed E-state index contributed by atoms with van der Waals surface area (Å²) in [6, 6.07) is 26.1. The molecule has 0 saturated carbocycles. The van der Waals surface area contributed by atoms with Gasteiger partial charge in [-0.05, 0) is 41.0 Å². The molecule has 0 unspecified atom stereocenters. The van der Waals surface area contributed by atoms with E-state index in [0.717, 1.165) is 28.2 Å². The maximum Gasteiger partial charge on any atom is 0.118 e. The summed E-state index contributed by atoms with van der Waals surface area (Å²) in [5, 5.41) is 0. The highest BCUT2D eigenvalue weighted by atomic mass is 16.5. The average Bonchev–Trinajstić information content (AvgIpc) is 2.70. The van der Waals surface area contributed by atoms with Gasteiger partial charge < -0.3 is 9.47 Å². The fourth-order valence-corrected chi connectivity index (χ4v) is 2.64. The minimum absolute atomic E-state index is 0.0861. The summed E-state index contributed by atoms with van der Waals surface area (Å²) in [5.41, 5.74) is 3.30. The molecule has 0 radical (unpaired) electrons. The average molecular weight is 331 g/mol. The molecule has 3 aromatic rings. The zero-order valence-electron chi connectivity index (χ0n) is 14.4. The molecule has 0 aliphatic heterocycles. The van der Waals surface area contributed by atoms with Gasteiger partial charge in [0.1, 0.15) is 11.5 Å². The Kier molecular flexibility index (Phi) is 5.47. The number of methoxy groups -OCH3 is 2. The van der Waals surface area contributed by atoms with Crippen LogP contribution in [-0.2, 0) is 0 Å². The number of nitrogens with zero attached hydrogens (tertiary/aromatic N) is 1. The highest BCUT2D eigenvalue weighted by Crippen LogP contribution is 2.29. The standard InChI is InChI=1S/C22H21NO2/c1-24-20-12-8-18(9-13-20)22(19-10-14-21(25-2)15-11-19)23-16-17-6-4-3-5-7-17/h3-16,22H,1-2H3. The van der Waals surface area contributed by atoms with E-state index in [2.05, 4.69) is 24.3 Å². The van der Waals surface area contributed by atoms with Crippen LogP contribution in [0, 0.1) is 0 Å². The second-order valence-electron chi connectivity index (χ2n) is 5.64. The molecule has 3 heteroatoms. The molecular formula is C22H21NO2. The van der Waals surface area contributed by atoms with E-state index in [0.29, 0.717) is 0 Å². The van der Waals surface area contributed by atoms with E-state index in [9.17, 15) is 0 Å². The van der Waals surface area contributed by atoms with Crippen molar-refractivity contribution in [3.63, 3.8) is 0 Å². The van der Waals surface area contributed by atoms with E-state index in [1.165, 1.54) is 0 Å². The third-order valence-electron chi connectivity index (χ3n) is 4.04. The normalized spacial score (nSPS) is 11.0. The summed E-state index contributed by atoms with van der Waals surface area (Å²) in [7, 11) is 3.34. The van der Waals surface area contributed by atoms with Crippen LogP contribution in [0.4, 0.5) is 0 Å². The highest BCUT2D eigenvalue weighted by molar-refractivity contribution is 5.79. The Morgan fingerprint density at radius 1 is 0.680 bits per heavy atom. The van der Waals surface area contributed by atoms with Gasteiger partial charge in [0.2, 0.25) is 0 Å². The zero-order chi connectivity index (χ0) is 17.5. The largest absolute Gasteiger partial charge is 0.497 e. The van der Waals surface area contributed by atoms with Crippen molar-refractivity contribution in [2.75, 3.05) is 14.2 Å². The third-order valence-corrected chi connectivity index (χ3v) is 4.04. The Hall–Kier alpha value is -3.07. The van der Waals surface area contributed by atoms with Crippen molar-refractivity contribution in [1.29, 1.82) is 0 Å². The lowest BCUT2D eigenvalue weighted by molar-refractivity contribution is 0.414. The van der Waals surface area contributed by atoms with Gasteiger partial charge in [-0.2, -0.15) is 0 Å². The van der Waals surface area contributed by atoms with Gasteiger partial charge in [0.05, 0.1) is 20.3 Å². The first-order chi connectivity index (χ1) is 12.3. The minimum atomic E-state index is -0.0861. The molecule has 0 spiro atoms. The van der Waals surface area contributed by atoms with Crippen LogP contribution >= 0.6 is 0 Å². The van der Waals surface area contributed by atoms with Crippen LogP contribution in [-0.4, -0.2) is 20.4 Å². The molecule has 25 heavy (non-hydrogen) atoms. The van der Waals surface area contributed by atoms with E-state index in [-0.39, 0.29) is 6.04 Å². The molecule has 0 aliphatic carbocycles. The fraction of sp³-hybridized carbons (Fsp3) is 0.136. The number of rotatable bonds is 6. The van der Waals surface area contributed by atoms with E-state index in [1.807, 2.05) is 60.8 Å². The number of aliphatic imine (C=N–C) groups is 1. The van der Waals surface area contributed by atoms with Crippen molar-refractivity contribution in [3.8, 4) is 11.5 Å². The van der Waals surface area contributed by atoms with Crippen LogP contribution < -0.4 is 9.47 Å². The molecule has 0 amide bonds. The van der Waals surface area contributed by atoms with Crippen LogP contribution in [0.3, 0.4) is 0 Å². The molecule has 0 saturated heterocycles. The van der Waals surface area contributed by atoms with E-state index < -0.39 is 0 Å². The molecule has 3 rings (SSSR count). The SMILES string of the molecule is COc1ccc(C(N=Cc2ccccc2)c2ccc(OC)cc2)cc1. The van der Waals surface area contributed by atoms with Crippen LogP contribution in [0.25, 0.3) is 0 Å². The van der Waals surface area contributed by atoms with Crippen molar-refractivity contribution >= 4 is 6.21 Å². The predicted octanol–water partition coefficient (Wildman–Crippen LogP) is 4.91. The number of hydrogen-bond donors (Lipinski definition) is 0. The summed E-state index contributed by atoms with van der Waals surface area (Å²) in [4.78, 5) is 4.84. The molecule has 0 fully saturated rings. The first-order valence-corrected chi connectivity index (χ1v) is 8.16. The molecule has 0 heterocycles. The van der Waals surface area contributed by atoms with Crippen molar-refractivity contribution in [1.82, 2.24) is 0 Å². The van der Waals surface area contributed by atoms with Gasteiger partial charge in [-0.15, -0.1) is 0 Å². The van der Waals surface area contributed by atoms with Gasteiger partial charge in [-0.25, -0.2) is 0 Å². The summed E-state index contributed by atoms with van der Waals surface area (Å²) in [6.45, 7) is 0. The van der Waals surface area contributed by atoms with Crippen molar-refractivity contribution in [2.45, 2.75) is 6.04 Å². The molecule has 3 nitrogen and oxygen atoms in total. The fourth-order valence-electron chi connectivity index (χ4n) is 2.64. The Labute approximate surface area is 148 Å². The second kappa shape index (κ2) is 8.15. The Morgan fingerprint density at radius 2 is 1.16 bits per heavy atom. The van der Waals surface area contributed by atoms with E-state index in [1.54, 1.807) is 14.2 Å². The van der Waals surface area contributed by atoms with Crippen molar-refractivity contribution in [3.05, 3.63) is 95.6 Å². The lowest BCUT2D eigenvalue weighted by Crippen LogP contribution is -1.99. The number of benzene rings is 3. The highest BCUT2D eigenvalue weighted by Gasteiger charge is 2.12. The maximum absolute atomic E-state index is 5.26. The van der Waals surface area contributed by atoms with Gasteiger partial charge >= 0.3 is 0 Å². The van der Waals surface area contributed by atoms with Gasteiger partial charge in [-0.3, -0.25) is 4.99 Å². The van der Waals surface area contributed by atoms with Gasteiger partial charge in [0, 0.05) is 6.21 Å². The zero-order valence-corrected chi connectivity index (χ0v) is 14.4. The molecular weight excluding hydrogens is 310 g/mol. The van der Waals surface area contributed by atoms with Crippen molar-refractivity contribution < 1.29 is 9.47 Å². The topological polar surface area (TPSA) is 30.8 Å². The van der Waals surface area contributed by atoms with Gasteiger partial charge in [0.25, 0.3) is 0 Å². The Morgan fingerprint density at radius 3 is 1.60 bits per heavy atom. The quantitative estimate of drug-likeness (QED) is 0.601. The van der Waals surface area contributed by atoms with Crippen molar-refractivity contribution in [2.24, 2.45) is 4.99 Å². The van der Waals surface area contributed by atoms with E-state index >= 15 is 0 Å². The summed E-state index contributed by atoms with van der Waals surface area (Å²) in [5.74, 6) is 1.67. The second-order valence-corrected chi connectivity index (χ2v) is 5.64. The molecule has 0 atom stereocenters. The number of hydrogen-bond acceptors (Lipinski definition) is 3. The van der Waals surface area contributed by atoms with Gasteiger partial charge in [0.15, 0.2) is 0 Å². The smallest absolute Gasteiger partial charge is 0.118 e. The molecule has 0 bridgehead atoms. The maximum atomic E-state index is 5.26. The van der Waals surface area contributed by atoms with Gasteiger partial charge in [-0.1, -0.05) is 54.6 Å². The first kappa shape index (κ1) is 16.8. The third kappa shape index (κ3) is 4.27. The Balaban J connectivity index is 1.95. The molecule has 0 N–H and O–H groups in total. The summed E-state index contributed by atoms with van der Waals surface area (Å²) < 4.78 is 10.5. The van der Waals surface area contributed by atoms with E-state index in [4.69, 9.17) is 14.5 Å². The lowest BCUT2D eigenvalue weighted by atomic mass is 9.99. The Bertz CT molecular complexity index is 761. The van der Waals surface area contributed by atoms with Crippen LogP contribution in [0.5, 0.6) is 11.5 Å². The first-order valence-electron chi connectivity index (χ1n) is 8.16. The predicted molar refractivity (Wildman–Crippen MR) is 102 cm³/mol. The summed E-state index contributed by atoms with van der Waals surface area (Å²) in [6.07, 6.45) is 1.92. The van der Waals surface area contributed by atoms with Crippen LogP contribution in [0.2, 0.25) is 0 Å². The monoisotopic (exact) mass is 331 g/mol. The van der Waals surface area contributed by atoms with Crippen LogP contribution in [0.15, 0.2) is 83.9 Å². The molecule has 126 valence electrons. The molecule has 3 aromatic carbocycles. The molecule has 0 aromatic heterocycles. The minimum Gasteiger partial charge on any atom is -0.497 e.